The van der Waals surface area contributed by atoms with Crippen LogP contribution in [0, 0.1) is 0 Å². The van der Waals surface area contributed by atoms with Gasteiger partial charge in [-0.2, -0.15) is 0 Å². The molecule has 1 heterocycles. The number of benzene rings is 2. The molecule has 0 radical (unpaired) electrons. The summed E-state index contributed by atoms with van der Waals surface area (Å²) < 4.78 is 27.0. The molecule has 19 heavy (non-hydrogen) atoms. The fraction of sp³-hybridized carbons (Fsp3) is 0.250. The number of rotatable bonds is 2. The zero-order chi connectivity index (χ0) is 13.2. The van der Waals surface area contributed by atoms with Crippen molar-refractivity contribution in [3.8, 4) is 0 Å². The zero-order valence-corrected chi connectivity index (χ0v) is 10.5. The third kappa shape index (κ3) is 2.21. The standard InChI is InChI=1S/C16H15F2N/c17-16(18)15-14-9-5-4-6-12(14)10-11-19(15)13-7-2-1-3-8-13/h1-9,15-16H,10-11H2. The summed E-state index contributed by atoms with van der Waals surface area (Å²) in [4.78, 5) is 1.81. The Kier molecular flexibility index (Phi) is 3.20. The maximum absolute atomic E-state index is 13.5. The first-order valence-corrected chi connectivity index (χ1v) is 6.45. The van der Waals surface area contributed by atoms with E-state index >= 15 is 0 Å². The number of para-hydroxylation sites is 1. The van der Waals surface area contributed by atoms with E-state index in [-0.39, 0.29) is 0 Å². The molecule has 3 rings (SSSR count). The maximum atomic E-state index is 13.5. The van der Waals surface area contributed by atoms with Crippen LogP contribution in [-0.4, -0.2) is 13.0 Å². The molecule has 1 aliphatic heterocycles. The Balaban J connectivity index is 2.04. The van der Waals surface area contributed by atoms with E-state index in [0.717, 1.165) is 23.2 Å². The van der Waals surface area contributed by atoms with E-state index in [1.807, 2.05) is 59.5 Å². The van der Waals surface area contributed by atoms with Crippen molar-refractivity contribution in [1.29, 1.82) is 0 Å². The number of fused-ring (bicyclic) bond motifs is 1. The first kappa shape index (κ1) is 12.2. The topological polar surface area (TPSA) is 3.24 Å². The molecular weight excluding hydrogens is 244 g/mol. The maximum Gasteiger partial charge on any atom is 0.262 e. The molecule has 1 nitrogen and oxygen atoms in total. The minimum atomic E-state index is -2.39. The first-order chi connectivity index (χ1) is 9.27. The summed E-state index contributed by atoms with van der Waals surface area (Å²) in [5, 5.41) is 0. The first-order valence-electron chi connectivity index (χ1n) is 6.45. The molecule has 3 heteroatoms. The third-order valence-corrected chi connectivity index (χ3v) is 3.66. The summed E-state index contributed by atoms with van der Waals surface area (Å²) in [6.45, 7) is 0.635. The Morgan fingerprint density at radius 1 is 0.947 bits per heavy atom. The number of alkyl halides is 2. The number of anilines is 1. The van der Waals surface area contributed by atoms with E-state index < -0.39 is 12.5 Å². The van der Waals surface area contributed by atoms with Crippen LogP contribution in [0.5, 0.6) is 0 Å². The molecule has 0 aliphatic carbocycles. The average Bonchev–Trinajstić information content (AvgIpc) is 2.46. The van der Waals surface area contributed by atoms with E-state index in [4.69, 9.17) is 0 Å². The van der Waals surface area contributed by atoms with Crippen molar-refractivity contribution in [2.75, 3.05) is 11.4 Å². The van der Waals surface area contributed by atoms with Gasteiger partial charge in [0.15, 0.2) is 0 Å². The van der Waals surface area contributed by atoms with Crippen molar-refractivity contribution >= 4 is 5.69 Å². The molecule has 0 aromatic heterocycles. The monoisotopic (exact) mass is 259 g/mol. The molecule has 0 amide bonds. The van der Waals surface area contributed by atoms with Crippen LogP contribution in [-0.2, 0) is 6.42 Å². The van der Waals surface area contributed by atoms with Gasteiger partial charge in [-0.25, -0.2) is 8.78 Å². The van der Waals surface area contributed by atoms with Crippen LogP contribution in [0.3, 0.4) is 0 Å². The lowest BCUT2D eigenvalue weighted by atomic mass is 9.92. The minimum Gasteiger partial charge on any atom is -0.359 e. The predicted octanol–water partition coefficient (Wildman–Crippen LogP) is 4.06. The highest BCUT2D eigenvalue weighted by Gasteiger charge is 2.33. The molecule has 0 fully saturated rings. The summed E-state index contributed by atoms with van der Waals surface area (Å²) in [5.74, 6) is 0. The van der Waals surface area contributed by atoms with Crippen molar-refractivity contribution < 1.29 is 8.78 Å². The van der Waals surface area contributed by atoms with Crippen LogP contribution in [0.2, 0.25) is 0 Å². The van der Waals surface area contributed by atoms with Gasteiger partial charge in [-0.1, -0.05) is 42.5 Å². The van der Waals surface area contributed by atoms with Gasteiger partial charge >= 0.3 is 0 Å². The van der Waals surface area contributed by atoms with Gasteiger partial charge in [0.2, 0.25) is 0 Å². The summed E-state index contributed by atoms with van der Waals surface area (Å²) in [5.41, 5.74) is 2.66. The van der Waals surface area contributed by atoms with Gasteiger partial charge in [-0.05, 0) is 29.7 Å². The van der Waals surface area contributed by atoms with Crippen LogP contribution in [0.25, 0.3) is 0 Å². The summed E-state index contributed by atoms with van der Waals surface area (Å²) in [6.07, 6.45) is -1.57. The van der Waals surface area contributed by atoms with E-state index in [1.165, 1.54) is 0 Å². The van der Waals surface area contributed by atoms with Gasteiger partial charge in [0.1, 0.15) is 6.04 Å². The number of hydrogen-bond donors (Lipinski definition) is 0. The highest BCUT2D eigenvalue weighted by atomic mass is 19.3. The van der Waals surface area contributed by atoms with Crippen molar-refractivity contribution in [2.45, 2.75) is 18.9 Å². The molecule has 0 spiro atoms. The SMILES string of the molecule is FC(F)C1c2ccccc2CCN1c1ccccc1. The summed E-state index contributed by atoms with van der Waals surface area (Å²) in [7, 11) is 0. The van der Waals surface area contributed by atoms with E-state index in [9.17, 15) is 8.78 Å². The number of halogens is 2. The van der Waals surface area contributed by atoms with Gasteiger partial charge in [0, 0.05) is 12.2 Å². The van der Waals surface area contributed by atoms with Crippen LogP contribution in [0.1, 0.15) is 17.2 Å². The molecule has 1 atom stereocenters. The van der Waals surface area contributed by atoms with Gasteiger partial charge < -0.3 is 4.90 Å². The minimum absolute atomic E-state index is 0.635. The van der Waals surface area contributed by atoms with Crippen molar-refractivity contribution in [2.24, 2.45) is 0 Å². The molecule has 0 bridgehead atoms. The van der Waals surface area contributed by atoms with Gasteiger partial charge in [0.25, 0.3) is 6.43 Å². The number of nitrogens with zero attached hydrogens (tertiary/aromatic N) is 1. The lowest BCUT2D eigenvalue weighted by Gasteiger charge is -2.38. The Morgan fingerprint density at radius 3 is 2.37 bits per heavy atom. The smallest absolute Gasteiger partial charge is 0.262 e. The lowest BCUT2D eigenvalue weighted by molar-refractivity contribution is 0.109. The van der Waals surface area contributed by atoms with E-state index in [0.29, 0.717) is 6.54 Å². The molecule has 1 aliphatic rings. The van der Waals surface area contributed by atoms with Crippen molar-refractivity contribution in [3.63, 3.8) is 0 Å². The Hall–Kier alpha value is -1.90. The van der Waals surface area contributed by atoms with Crippen molar-refractivity contribution in [1.82, 2.24) is 0 Å². The average molecular weight is 259 g/mol. The largest absolute Gasteiger partial charge is 0.359 e. The van der Waals surface area contributed by atoms with E-state index in [2.05, 4.69) is 0 Å². The molecule has 0 saturated carbocycles. The zero-order valence-electron chi connectivity index (χ0n) is 10.5. The second-order valence-electron chi connectivity index (χ2n) is 4.76. The molecule has 0 saturated heterocycles. The molecule has 2 aromatic rings. The highest BCUT2D eigenvalue weighted by Crippen LogP contribution is 2.37. The van der Waals surface area contributed by atoms with Gasteiger partial charge in [-0.3, -0.25) is 0 Å². The Labute approximate surface area is 111 Å². The van der Waals surface area contributed by atoms with E-state index in [1.54, 1.807) is 0 Å². The van der Waals surface area contributed by atoms with Crippen LogP contribution in [0.15, 0.2) is 54.6 Å². The van der Waals surface area contributed by atoms with Crippen molar-refractivity contribution in [3.05, 3.63) is 65.7 Å². The number of hydrogen-bond acceptors (Lipinski definition) is 1. The normalized spacial score (nSPS) is 18.5. The molecule has 98 valence electrons. The Morgan fingerprint density at radius 2 is 1.63 bits per heavy atom. The van der Waals surface area contributed by atoms with Crippen LogP contribution < -0.4 is 4.90 Å². The summed E-state index contributed by atoms with van der Waals surface area (Å²) >= 11 is 0. The lowest BCUT2D eigenvalue weighted by Crippen LogP contribution is -2.39. The predicted molar refractivity (Wildman–Crippen MR) is 72.7 cm³/mol. The van der Waals surface area contributed by atoms with Gasteiger partial charge in [0.05, 0.1) is 0 Å². The quantitative estimate of drug-likeness (QED) is 0.786. The molecule has 1 unspecified atom stereocenters. The van der Waals surface area contributed by atoms with Crippen LogP contribution in [0.4, 0.5) is 14.5 Å². The second kappa shape index (κ2) is 5.00. The fourth-order valence-electron chi connectivity index (χ4n) is 2.78. The molecular formula is C16H15F2N. The highest BCUT2D eigenvalue weighted by molar-refractivity contribution is 5.52. The fourth-order valence-corrected chi connectivity index (χ4v) is 2.78. The molecule has 2 aromatic carbocycles. The molecule has 0 N–H and O–H groups in total. The summed E-state index contributed by atoms with van der Waals surface area (Å²) in [6, 6.07) is 16.1. The van der Waals surface area contributed by atoms with Gasteiger partial charge in [-0.15, -0.1) is 0 Å². The third-order valence-electron chi connectivity index (χ3n) is 3.66. The second-order valence-corrected chi connectivity index (χ2v) is 4.76. The Bertz CT molecular complexity index is 554. The van der Waals surface area contributed by atoms with Crippen LogP contribution >= 0.6 is 0 Å².